The van der Waals surface area contributed by atoms with Gasteiger partial charge in [0.05, 0.1) is 28.3 Å². The molecular weight excluding hydrogens is 543 g/mol. The number of anilines is 5. The van der Waals surface area contributed by atoms with Gasteiger partial charge in [-0.2, -0.15) is 4.98 Å². The van der Waals surface area contributed by atoms with Crippen LogP contribution in [0.4, 0.5) is 39.0 Å². The van der Waals surface area contributed by atoms with E-state index in [0.717, 1.165) is 25.5 Å². The molecule has 1 atom stereocenters. The number of nitro groups is 1. The van der Waals surface area contributed by atoms with Gasteiger partial charge in [0.15, 0.2) is 0 Å². The molecule has 214 valence electrons. The summed E-state index contributed by atoms with van der Waals surface area (Å²) in [5, 5.41) is 28.4. The Hall–Kier alpha value is -3.81. The van der Waals surface area contributed by atoms with E-state index < -0.39 is 16.3 Å². The number of aliphatic hydroxyl groups is 1. The van der Waals surface area contributed by atoms with Gasteiger partial charge in [0.25, 0.3) is 5.69 Å². The van der Waals surface area contributed by atoms with E-state index >= 15 is 0 Å². The molecule has 0 unspecified atom stereocenters. The topological polar surface area (TPSA) is 142 Å². The van der Waals surface area contributed by atoms with Crippen molar-refractivity contribution in [2.24, 2.45) is 0 Å². The van der Waals surface area contributed by atoms with Crippen LogP contribution in [0.2, 0.25) is 5.02 Å². The maximum absolute atomic E-state index is 14.2. The lowest BCUT2D eigenvalue weighted by atomic mass is 9.96. The van der Waals surface area contributed by atoms with E-state index in [-0.39, 0.29) is 40.0 Å². The van der Waals surface area contributed by atoms with E-state index in [2.05, 4.69) is 35.4 Å². The first-order valence-corrected chi connectivity index (χ1v) is 13.0. The Morgan fingerprint density at radius 3 is 2.50 bits per heavy atom. The van der Waals surface area contributed by atoms with E-state index in [1.165, 1.54) is 39.4 Å². The molecule has 0 saturated carbocycles. The number of benzene rings is 2. The molecule has 1 aromatic heterocycles. The average molecular weight is 575 g/mol. The third-order valence-electron chi connectivity index (χ3n) is 6.54. The van der Waals surface area contributed by atoms with Gasteiger partial charge >= 0.3 is 0 Å². The van der Waals surface area contributed by atoms with Crippen LogP contribution >= 0.6 is 11.6 Å². The van der Waals surface area contributed by atoms with Crippen LogP contribution in [0.3, 0.4) is 0 Å². The van der Waals surface area contributed by atoms with E-state index in [9.17, 15) is 19.6 Å². The number of hydrogen-bond acceptors (Lipinski definition) is 11. The normalized spacial score (nSPS) is 15.4. The second-order valence-electron chi connectivity index (χ2n) is 10.3. The lowest BCUT2D eigenvalue weighted by Gasteiger charge is -2.29. The first kappa shape index (κ1) is 29.2. The highest BCUT2D eigenvalue weighted by molar-refractivity contribution is 6.30. The molecule has 40 heavy (non-hydrogen) atoms. The third kappa shape index (κ3) is 6.49. The molecule has 0 spiro atoms. The lowest BCUT2D eigenvalue weighted by Crippen LogP contribution is -2.37. The van der Waals surface area contributed by atoms with Crippen molar-refractivity contribution >= 4 is 46.2 Å². The number of likely N-dealkylation sites (N-methyl/N-ethyl adjacent to an activating group) is 1. The van der Waals surface area contributed by atoms with Crippen LogP contribution in [-0.2, 0) is 5.60 Å². The molecule has 14 heteroatoms. The summed E-state index contributed by atoms with van der Waals surface area (Å²) in [5.74, 6) is -0.218. The average Bonchev–Trinajstić information content (AvgIpc) is 3.32. The minimum absolute atomic E-state index is 0.0402. The molecule has 0 radical (unpaired) electrons. The first-order valence-electron chi connectivity index (χ1n) is 12.6. The lowest BCUT2D eigenvalue weighted by molar-refractivity contribution is -0.384. The fourth-order valence-electron chi connectivity index (χ4n) is 4.78. The van der Waals surface area contributed by atoms with Crippen LogP contribution in [0, 0.1) is 15.9 Å². The predicted octanol–water partition coefficient (Wildman–Crippen LogP) is 4.83. The Morgan fingerprint density at radius 1 is 1.23 bits per heavy atom. The van der Waals surface area contributed by atoms with Crippen molar-refractivity contribution in [1.82, 2.24) is 19.9 Å². The fourth-order valence-corrected chi connectivity index (χ4v) is 4.94. The van der Waals surface area contributed by atoms with Crippen LogP contribution in [0.15, 0.2) is 30.6 Å². The molecule has 3 aromatic rings. The zero-order chi connectivity index (χ0) is 29.2. The Labute approximate surface area is 236 Å². The van der Waals surface area contributed by atoms with Crippen molar-refractivity contribution in [3.8, 4) is 5.75 Å². The summed E-state index contributed by atoms with van der Waals surface area (Å²) >= 11 is 5.93. The van der Waals surface area contributed by atoms with E-state index in [0.29, 0.717) is 23.5 Å². The number of nitro benzene ring substituents is 1. The maximum Gasteiger partial charge on any atom is 0.294 e. The Balaban J connectivity index is 1.66. The molecule has 1 fully saturated rings. The summed E-state index contributed by atoms with van der Waals surface area (Å²) in [6, 6.07) is 5.66. The largest absolute Gasteiger partial charge is 0.494 e. The van der Waals surface area contributed by atoms with E-state index in [1.54, 1.807) is 6.07 Å². The predicted molar refractivity (Wildman–Crippen MR) is 152 cm³/mol. The van der Waals surface area contributed by atoms with Gasteiger partial charge in [0, 0.05) is 42.5 Å². The van der Waals surface area contributed by atoms with Gasteiger partial charge in [-0.25, -0.2) is 14.4 Å². The van der Waals surface area contributed by atoms with Crippen molar-refractivity contribution in [3.63, 3.8) is 0 Å². The Morgan fingerprint density at radius 2 is 1.90 bits per heavy atom. The van der Waals surface area contributed by atoms with Gasteiger partial charge in [-0.3, -0.25) is 10.1 Å². The minimum Gasteiger partial charge on any atom is -0.494 e. The summed E-state index contributed by atoms with van der Waals surface area (Å²) < 4.78 is 19.8. The number of rotatable bonds is 10. The van der Waals surface area contributed by atoms with E-state index in [1.807, 2.05) is 14.1 Å². The monoisotopic (exact) mass is 574 g/mol. The highest BCUT2D eigenvalue weighted by Gasteiger charge is 2.32. The van der Waals surface area contributed by atoms with Crippen LogP contribution in [-0.4, -0.2) is 70.2 Å². The minimum atomic E-state index is -1.34. The molecule has 0 bridgehead atoms. The Bertz CT molecular complexity index is 1400. The van der Waals surface area contributed by atoms with Crippen molar-refractivity contribution in [1.29, 1.82) is 0 Å². The molecule has 1 aliphatic heterocycles. The van der Waals surface area contributed by atoms with Gasteiger partial charge in [-0.15, -0.1) is 0 Å². The molecule has 0 amide bonds. The fraction of sp³-hybridized carbons (Fsp3) is 0.423. The molecule has 12 nitrogen and oxygen atoms in total. The Kier molecular flexibility index (Phi) is 8.57. The molecule has 1 aliphatic rings. The molecule has 2 aromatic carbocycles. The van der Waals surface area contributed by atoms with Crippen molar-refractivity contribution in [3.05, 3.63) is 57.1 Å². The summed E-state index contributed by atoms with van der Waals surface area (Å²) in [7, 11) is 5.43. The SMILES string of the molecule is COc1cc(N2CCC[C@@H]2CN(C)C)c([N+](=O)[O-])cc1Nc1ncnc(Nc2cc(F)c(Cl)cc2C(C)(C)O)n1. The van der Waals surface area contributed by atoms with Crippen LogP contribution in [0.5, 0.6) is 5.75 Å². The quantitative estimate of drug-likeness (QED) is 0.226. The standard InChI is InChI=1S/C26H32ClFN8O4/c1-26(2,37)16-9-17(27)18(28)10-19(16)31-24-29-14-30-25(33-24)32-20-11-22(36(38)39)21(12-23(20)40-5)35-8-6-7-15(35)13-34(3)4/h9-12,14-15,37H,6-8,13H2,1-5H3,(H2,29,30,31,32,33)/t15-/m1/s1. The van der Waals surface area contributed by atoms with Gasteiger partial charge in [0.1, 0.15) is 23.6 Å². The highest BCUT2D eigenvalue weighted by atomic mass is 35.5. The number of halogens is 2. The second kappa shape index (κ2) is 11.7. The second-order valence-corrected chi connectivity index (χ2v) is 10.7. The van der Waals surface area contributed by atoms with Crippen molar-refractivity contribution in [2.45, 2.75) is 38.3 Å². The van der Waals surface area contributed by atoms with E-state index in [4.69, 9.17) is 16.3 Å². The van der Waals surface area contributed by atoms with Crippen molar-refractivity contribution in [2.75, 3.05) is 49.8 Å². The molecule has 3 N–H and O–H groups in total. The maximum atomic E-state index is 14.2. The third-order valence-corrected chi connectivity index (χ3v) is 6.83. The number of hydrogen-bond donors (Lipinski definition) is 3. The van der Waals surface area contributed by atoms with Crippen LogP contribution in [0.25, 0.3) is 0 Å². The molecule has 1 saturated heterocycles. The molecular formula is C26H32ClFN8O4. The number of methoxy groups -OCH3 is 1. The summed E-state index contributed by atoms with van der Waals surface area (Å²) in [6.45, 7) is 4.55. The zero-order valence-electron chi connectivity index (χ0n) is 22.9. The smallest absolute Gasteiger partial charge is 0.294 e. The van der Waals surface area contributed by atoms with Crippen LogP contribution in [0.1, 0.15) is 32.3 Å². The highest BCUT2D eigenvalue weighted by Crippen LogP contribution is 2.42. The number of nitrogens with one attached hydrogen (secondary N) is 2. The molecule has 4 rings (SSSR count). The number of nitrogens with zero attached hydrogens (tertiary/aromatic N) is 6. The van der Waals surface area contributed by atoms with Crippen molar-refractivity contribution < 1.29 is 19.2 Å². The van der Waals surface area contributed by atoms with Gasteiger partial charge in [-0.05, 0) is 52.9 Å². The van der Waals surface area contributed by atoms with Gasteiger partial charge in [0.2, 0.25) is 11.9 Å². The number of aromatic nitrogens is 3. The molecule has 2 heterocycles. The summed E-state index contributed by atoms with van der Waals surface area (Å²) in [5.41, 5.74) is -0.110. The number of ether oxygens (including phenoxy) is 1. The van der Waals surface area contributed by atoms with Gasteiger partial charge in [-0.1, -0.05) is 11.6 Å². The van der Waals surface area contributed by atoms with Crippen LogP contribution < -0.4 is 20.3 Å². The summed E-state index contributed by atoms with van der Waals surface area (Å²) in [6.07, 6.45) is 3.09. The zero-order valence-corrected chi connectivity index (χ0v) is 23.7. The summed E-state index contributed by atoms with van der Waals surface area (Å²) in [4.78, 5) is 28.3. The first-order chi connectivity index (χ1) is 18.9. The van der Waals surface area contributed by atoms with Gasteiger partial charge < -0.3 is 30.3 Å². The molecule has 0 aliphatic carbocycles.